The molecule has 0 radical (unpaired) electrons. The van der Waals surface area contributed by atoms with Crippen LogP contribution < -0.4 is 0 Å². The summed E-state index contributed by atoms with van der Waals surface area (Å²) in [4.78, 5) is 37.9. The van der Waals surface area contributed by atoms with Crippen LogP contribution in [0.5, 0.6) is 0 Å². The molecule has 0 amide bonds. The Morgan fingerprint density at radius 1 is 0.842 bits per heavy atom. The van der Waals surface area contributed by atoms with Crippen LogP contribution in [-0.4, -0.2) is 204 Å². The van der Waals surface area contributed by atoms with Crippen molar-refractivity contribution in [2.45, 2.75) is 0 Å². The third-order valence-corrected chi connectivity index (χ3v) is 1.91. The normalized spacial score (nSPS) is 7.84. The molecule has 5 N–H and O–H groups in total. The summed E-state index contributed by atoms with van der Waals surface area (Å²) in [6.07, 6.45) is 0. The predicted molar refractivity (Wildman–Crippen MR) is 79.2 cm³/mol. The second-order valence-corrected chi connectivity index (χ2v) is 4.44. The van der Waals surface area contributed by atoms with Crippen molar-refractivity contribution in [1.82, 2.24) is 0 Å². The SMILES string of the molecule is O=P(O)(O)OP(=O)(O)O.O=[Si](O)F.[MgH2].[NaH].[NaH].[NaH].[NaH].[NaH]. The van der Waals surface area contributed by atoms with Crippen molar-refractivity contribution >= 4 is 196 Å². The molecule has 0 unspecified atom stereocenters. The molecule has 9 nitrogen and oxygen atoms in total. The molecular formula is H12FMgNa5O9P2Si. The van der Waals surface area contributed by atoms with Gasteiger partial charge in [0, 0.05) is 0 Å². The topological polar surface area (TPSA) is 162 Å². The molecule has 19 heteroatoms. The van der Waals surface area contributed by atoms with Crippen LogP contribution in [0, 0.1) is 0 Å². The third-order valence-electron chi connectivity index (χ3n) is 0.213. The predicted octanol–water partition coefficient (Wildman–Crippen LogP) is -5.61. The summed E-state index contributed by atoms with van der Waals surface area (Å²) < 4.78 is 40.8. The first-order chi connectivity index (χ1) is 5.44. The van der Waals surface area contributed by atoms with E-state index in [9.17, 15) is 13.2 Å². The van der Waals surface area contributed by atoms with E-state index >= 15 is 0 Å². The van der Waals surface area contributed by atoms with E-state index in [1.54, 1.807) is 0 Å². The van der Waals surface area contributed by atoms with Gasteiger partial charge in [0.05, 0.1) is 0 Å². The van der Waals surface area contributed by atoms with Gasteiger partial charge in [0.15, 0.2) is 0 Å². The van der Waals surface area contributed by atoms with Crippen LogP contribution in [0.3, 0.4) is 0 Å². The van der Waals surface area contributed by atoms with Crippen molar-refractivity contribution in [1.29, 1.82) is 0 Å². The summed E-state index contributed by atoms with van der Waals surface area (Å²) >= 11 is 0. The summed E-state index contributed by atoms with van der Waals surface area (Å²) in [6.45, 7) is 0. The van der Waals surface area contributed by atoms with Crippen molar-refractivity contribution < 1.29 is 46.4 Å². The van der Waals surface area contributed by atoms with Crippen LogP contribution in [0.2, 0.25) is 0 Å². The van der Waals surface area contributed by atoms with Crippen molar-refractivity contribution in [3.63, 3.8) is 0 Å². The van der Waals surface area contributed by atoms with E-state index in [-0.39, 0.29) is 171 Å². The summed E-state index contributed by atoms with van der Waals surface area (Å²) in [5.41, 5.74) is 0. The Balaban J connectivity index is -0.0000000183. The molecule has 0 aromatic rings. The molecule has 0 bridgehead atoms. The molecule has 0 fully saturated rings. The standard InChI is InChI=1S/FHO2Si.Mg.5Na.H4O7P2.7H/c1-4(2)3;;;;;;;1-8(2,3)7-9(4,5)6;;;;;;;/h2H;;;;;;;(H2,1,2,3)(H2,4,5,6);;;;;;;. The number of hydrogen-bond donors (Lipinski definition) is 5. The van der Waals surface area contributed by atoms with Gasteiger partial charge in [-0.15, -0.1) is 0 Å². The summed E-state index contributed by atoms with van der Waals surface area (Å²) in [7, 11) is -13.7. The maximum atomic E-state index is 10.1. The molecular weight excluding hydrogens is 392 g/mol. The summed E-state index contributed by atoms with van der Waals surface area (Å²) in [6, 6.07) is 0. The van der Waals surface area contributed by atoms with E-state index in [1.165, 1.54) is 0 Å². The zero-order valence-corrected chi connectivity index (χ0v) is 8.43. The van der Waals surface area contributed by atoms with E-state index in [0.29, 0.717) is 0 Å². The van der Waals surface area contributed by atoms with Crippen LogP contribution >= 0.6 is 15.6 Å². The second-order valence-electron chi connectivity index (χ2n) is 1.32. The van der Waals surface area contributed by atoms with E-state index in [0.717, 1.165) is 0 Å². The Morgan fingerprint density at radius 2 is 0.947 bits per heavy atom. The van der Waals surface area contributed by atoms with Gasteiger partial charge < -0.3 is 24.4 Å². The van der Waals surface area contributed by atoms with Crippen LogP contribution in [0.15, 0.2) is 0 Å². The molecule has 0 spiro atoms. The first-order valence-corrected chi connectivity index (χ1v) is 6.44. The van der Waals surface area contributed by atoms with E-state index in [1.807, 2.05) is 0 Å². The molecule has 0 aliphatic rings. The fraction of sp³-hybridized carbons (Fsp3) is 0. The summed E-state index contributed by atoms with van der Waals surface area (Å²) in [5.74, 6) is 0. The fourth-order valence-electron chi connectivity index (χ4n) is 0.139. The van der Waals surface area contributed by atoms with Crippen LogP contribution in [0.25, 0.3) is 0 Å². The minimum absolute atomic E-state index is 0. The minimum atomic E-state index is -5.05. The molecule has 0 rings (SSSR count). The molecule has 0 aromatic heterocycles. The fourth-order valence-corrected chi connectivity index (χ4v) is 1.25. The van der Waals surface area contributed by atoms with Crippen LogP contribution in [0.4, 0.5) is 4.11 Å². The molecule has 19 heavy (non-hydrogen) atoms. The van der Waals surface area contributed by atoms with E-state index in [4.69, 9.17) is 28.8 Å². The Hall–Kier alpha value is 5.77. The quantitative estimate of drug-likeness (QED) is 0.172. The van der Waals surface area contributed by atoms with Crippen LogP contribution in [-0.2, 0) is 17.9 Å². The Kier molecular flexibility index (Phi) is 68.1. The van der Waals surface area contributed by atoms with E-state index < -0.39 is 24.9 Å². The van der Waals surface area contributed by atoms with Gasteiger partial charge in [-0.1, -0.05) is 0 Å². The van der Waals surface area contributed by atoms with Gasteiger partial charge in [0.25, 0.3) is 0 Å². The Labute approximate surface area is 237 Å². The molecule has 0 aromatic carbocycles. The number of hydrogen-bond acceptors (Lipinski definition) is 4. The molecule has 0 aliphatic carbocycles. The number of halogens is 1. The Bertz CT molecular complexity index is 243. The van der Waals surface area contributed by atoms with Gasteiger partial charge in [0.2, 0.25) is 0 Å². The molecule has 0 heterocycles. The molecule has 94 valence electrons. The monoisotopic (exact) mass is 404 g/mol. The van der Waals surface area contributed by atoms with Gasteiger partial charge in [-0.25, -0.2) is 9.13 Å². The van der Waals surface area contributed by atoms with Crippen molar-refractivity contribution in [2.24, 2.45) is 0 Å². The average molecular weight is 404 g/mol. The zero-order valence-electron chi connectivity index (χ0n) is 5.64. The van der Waals surface area contributed by atoms with Crippen molar-refractivity contribution in [2.75, 3.05) is 0 Å². The molecule has 0 aliphatic heterocycles. The average Bonchev–Trinajstić information content (AvgIpc) is 1.47. The molecule has 0 atom stereocenters. The molecule has 0 saturated heterocycles. The second kappa shape index (κ2) is 26.0. The van der Waals surface area contributed by atoms with Gasteiger partial charge >= 0.3 is 196 Å². The maximum absolute atomic E-state index is 10.1. The van der Waals surface area contributed by atoms with Crippen molar-refractivity contribution in [3.05, 3.63) is 0 Å². The van der Waals surface area contributed by atoms with Gasteiger partial charge in [-0.05, 0) is 0 Å². The van der Waals surface area contributed by atoms with Gasteiger partial charge in [-0.3, -0.25) is 4.46 Å². The third kappa shape index (κ3) is 81.3. The molecule has 0 saturated carbocycles. The van der Waals surface area contributed by atoms with Gasteiger partial charge in [0.1, 0.15) is 0 Å². The van der Waals surface area contributed by atoms with E-state index in [2.05, 4.69) is 4.31 Å². The van der Waals surface area contributed by atoms with Crippen LogP contribution in [0.1, 0.15) is 0 Å². The first-order valence-electron chi connectivity index (χ1n) is 2.15. The first kappa shape index (κ1) is 49.8. The summed E-state index contributed by atoms with van der Waals surface area (Å²) in [5, 5.41) is 0. The number of phosphoric acid groups is 2. The number of rotatable bonds is 2. The Morgan fingerprint density at radius 3 is 0.947 bits per heavy atom. The van der Waals surface area contributed by atoms with Gasteiger partial charge in [-0.2, -0.15) is 8.42 Å². The van der Waals surface area contributed by atoms with Crippen molar-refractivity contribution in [3.8, 4) is 0 Å². The zero-order chi connectivity index (χ0) is 11.3.